The first-order chi connectivity index (χ1) is 9.02. The van der Waals surface area contributed by atoms with Gasteiger partial charge in [-0.25, -0.2) is 0 Å². The Morgan fingerprint density at radius 1 is 1.53 bits per heavy atom. The molecule has 102 valence electrons. The van der Waals surface area contributed by atoms with Crippen LogP contribution in [0.25, 0.3) is 0 Å². The van der Waals surface area contributed by atoms with Gasteiger partial charge in [0.25, 0.3) is 0 Å². The lowest BCUT2D eigenvalue weighted by Gasteiger charge is -2.13. The van der Waals surface area contributed by atoms with Crippen LogP contribution >= 0.6 is 11.3 Å². The van der Waals surface area contributed by atoms with Crippen LogP contribution in [0.4, 0.5) is 5.00 Å². The second-order valence-electron chi connectivity index (χ2n) is 5.40. The molecule has 5 heteroatoms. The van der Waals surface area contributed by atoms with Crippen molar-refractivity contribution >= 4 is 22.2 Å². The highest BCUT2D eigenvalue weighted by molar-refractivity contribution is 7.16. The van der Waals surface area contributed by atoms with E-state index in [9.17, 15) is 10.1 Å². The van der Waals surface area contributed by atoms with Crippen LogP contribution in [-0.2, 0) is 17.6 Å². The van der Waals surface area contributed by atoms with Gasteiger partial charge >= 0.3 is 0 Å². The quantitative estimate of drug-likeness (QED) is 0.887. The molecule has 2 rings (SSSR count). The van der Waals surface area contributed by atoms with Gasteiger partial charge in [0.2, 0.25) is 5.91 Å². The Bertz CT molecular complexity index is 528. The molecule has 4 nitrogen and oxygen atoms in total. The van der Waals surface area contributed by atoms with Crippen molar-refractivity contribution < 1.29 is 4.79 Å². The third-order valence-electron chi connectivity index (χ3n) is 3.33. The van der Waals surface area contributed by atoms with Crippen LogP contribution in [0.5, 0.6) is 0 Å². The molecule has 0 aromatic carbocycles. The van der Waals surface area contributed by atoms with E-state index in [1.807, 2.05) is 13.8 Å². The Kier molecular flexibility index (Phi) is 4.23. The highest BCUT2D eigenvalue weighted by atomic mass is 32.1. The average Bonchev–Trinajstić information content (AvgIpc) is 2.87. The van der Waals surface area contributed by atoms with Gasteiger partial charge in [0.15, 0.2) is 0 Å². The van der Waals surface area contributed by atoms with E-state index in [0.717, 1.165) is 24.8 Å². The van der Waals surface area contributed by atoms with Crippen LogP contribution in [0.2, 0.25) is 0 Å². The summed E-state index contributed by atoms with van der Waals surface area (Å²) in [5.41, 5.74) is 7.63. The SMILES string of the molecule is CC(C)C[C@H](N)C(=O)Nc1sc2c(c1C#N)CCC2. The van der Waals surface area contributed by atoms with Gasteiger partial charge in [-0.2, -0.15) is 5.26 Å². The van der Waals surface area contributed by atoms with Crippen molar-refractivity contribution in [3.05, 3.63) is 16.0 Å². The third-order valence-corrected chi connectivity index (χ3v) is 4.54. The predicted octanol–water partition coefficient (Wildman–Crippen LogP) is 2.42. The Morgan fingerprint density at radius 3 is 2.89 bits per heavy atom. The zero-order chi connectivity index (χ0) is 14.0. The van der Waals surface area contributed by atoms with Gasteiger partial charge in [-0.15, -0.1) is 11.3 Å². The minimum Gasteiger partial charge on any atom is -0.320 e. The molecule has 3 N–H and O–H groups in total. The molecule has 0 saturated carbocycles. The molecule has 1 heterocycles. The fourth-order valence-corrected chi connectivity index (χ4v) is 3.67. The summed E-state index contributed by atoms with van der Waals surface area (Å²) in [6, 6.07) is 1.71. The molecule has 0 radical (unpaired) electrons. The summed E-state index contributed by atoms with van der Waals surface area (Å²) < 4.78 is 0. The van der Waals surface area contributed by atoms with Crippen LogP contribution < -0.4 is 11.1 Å². The van der Waals surface area contributed by atoms with Crippen LogP contribution in [0.1, 0.15) is 42.7 Å². The Morgan fingerprint density at radius 2 is 2.26 bits per heavy atom. The lowest BCUT2D eigenvalue weighted by molar-refractivity contribution is -0.117. The number of anilines is 1. The molecule has 19 heavy (non-hydrogen) atoms. The summed E-state index contributed by atoms with van der Waals surface area (Å²) >= 11 is 1.53. The second-order valence-corrected chi connectivity index (χ2v) is 6.50. The first-order valence-electron chi connectivity index (χ1n) is 6.64. The van der Waals surface area contributed by atoms with Crippen molar-refractivity contribution in [3.63, 3.8) is 0 Å². The van der Waals surface area contributed by atoms with Crippen molar-refractivity contribution in [1.29, 1.82) is 5.26 Å². The normalized spacial score (nSPS) is 15.1. The minimum absolute atomic E-state index is 0.190. The molecular formula is C14H19N3OS. The fraction of sp³-hybridized carbons (Fsp3) is 0.571. The monoisotopic (exact) mass is 277 g/mol. The maximum atomic E-state index is 12.0. The summed E-state index contributed by atoms with van der Waals surface area (Å²) in [4.78, 5) is 13.2. The first-order valence-corrected chi connectivity index (χ1v) is 7.45. The van der Waals surface area contributed by atoms with Crippen molar-refractivity contribution in [3.8, 4) is 6.07 Å². The Labute approximate surface area is 117 Å². The lowest BCUT2D eigenvalue weighted by atomic mass is 10.0. The number of thiophene rings is 1. The second kappa shape index (κ2) is 5.72. The number of amides is 1. The smallest absolute Gasteiger partial charge is 0.241 e. The molecule has 0 bridgehead atoms. The van der Waals surface area contributed by atoms with E-state index >= 15 is 0 Å². The van der Waals surface area contributed by atoms with Crippen molar-refractivity contribution in [2.45, 2.75) is 45.6 Å². The summed E-state index contributed by atoms with van der Waals surface area (Å²) in [6.45, 7) is 4.07. The van der Waals surface area contributed by atoms with Gasteiger partial charge in [0.05, 0.1) is 11.6 Å². The van der Waals surface area contributed by atoms with Gasteiger partial charge in [0.1, 0.15) is 11.1 Å². The molecule has 0 saturated heterocycles. The third kappa shape index (κ3) is 2.96. The van der Waals surface area contributed by atoms with Gasteiger partial charge in [-0.05, 0) is 37.2 Å². The number of fused-ring (bicyclic) bond motifs is 1. The first kappa shape index (κ1) is 14.0. The predicted molar refractivity (Wildman–Crippen MR) is 77.1 cm³/mol. The summed E-state index contributed by atoms with van der Waals surface area (Å²) in [7, 11) is 0. The van der Waals surface area contributed by atoms with E-state index in [1.165, 1.54) is 16.2 Å². The Balaban J connectivity index is 2.12. The molecule has 0 fully saturated rings. The largest absolute Gasteiger partial charge is 0.320 e. The number of nitriles is 1. The number of carbonyl (C=O) groups excluding carboxylic acids is 1. The summed E-state index contributed by atoms with van der Waals surface area (Å²) in [6.07, 6.45) is 3.72. The van der Waals surface area contributed by atoms with E-state index < -0.39 is 6.04 Å². The number of hydrogen-bond acceptors (Lipinski definition) is 4. The molecule has 1 aromatic heterocycles. The molecule has 0 aliphatic heterocycles. The molecular weight excluding hydrogens is 258 g/mol. The van der Waals surface area contributed by atoms with Crippen molar-refractivity contribution in [1.82, 2.24) is 0 Å². The number of rotatable bonds is 4. The maximum Gasteiger partial charge on any atom is 0.241 e. The zero-order valence-corrected chi connectivity index (χ0v) is 12.1. The standard InChI is InChI=1S/C14H19N3OS/c1-8(2)6-11(16)13(18)17-14-10(7-15)9-4-3-5-12(9)19-14/h8,11H,3-6,16H2,1-2H3,(H,17,18)/t11-/m0/s1. The molecule has 1 atom stereocenters. The molecule has 0 spiro atoms. The zero-order valence-electron chi connectivity index (χ0n) is 11.3. The van der Waals surface area contributed by atoms with E-state index in [-0.39, 0.29) is 5.91 Å². The van der Waals surface area contributed by atoms with Gasteiger partial charge in [0, 0.05) is 4.88 Å². The topological polar surface area (TPSA) is 78.9 Å². The summed E-state index contributed by atoms with van der Waals surface area (Å²) in [5.74, 6) is 0.189. The van der Waals surface area contributed by atoms with E-state index in [0.29, 0.717) is 22.9 Å². The number of nitrogens with two attached hydrogens (primary N) is 1. The number of nitrogens with one attached hydrogen (secondary N) is 1. The van der Waals surface area contributed by atoms with E-state index in [2.05, 4.69) is 11.4 Å². The molecule has 0 unspecified atom stereocenters. The Hall–Kier alpha value is -1.38. The minimum atomic E-state index is -0.511. The average molecular weight is 277 g/mol. The fourth-order valence-electron chi connectivity index (χ4n) is 2.43. The maximum absolute atomic E-state index is 12.0. The molecule has 1 amide bonds. The number of carbonyl (C=O) groups is 1. The van der Waals surface area contributed by atoms with Crippen LogP contribution in [-0.4, -0.2) is 11.9 Å². The highest BCUT2D eigenvalue weighted by Crippen LogP contribution is 2.38. The number of hydrogen-bond donors (Lipinski definition) is 2. The van der Waals surface area contributed by atoms with Gasteiger partial charge in [-0.1, -0.05) is 13.8 Å². The van der Waals surface area contributed by atoms with Crippen LogP contribution in [0, 0.1) is 17.2 Å². The van der Waals surface area contributed by atoms with Gasteiger partial charge < -0.3 is 11.1 Å². The van der Waals surface area contributed by atoms with Crippen LogP contribution in [0.3, 0.4) is 0 Å². The lowest BCUT2D eigenvalue weighted by Crippen LogP contribution is -2.36. The summed E-state index contributed by atoms with van der Waals surface area (Å²) in [5, 5.41) is 12.7. The highest BCUT2D eigenvalue weighted by Gasteiger charge is 2.24. The van der Waals surface area contributed by atoms with E-state index in [4.69, 9.17) is 5.73 Å². The molecule has 1 aliphatic rings. The van der Waals surface area contributed by atoms with Crippen molar-refractivity contribution in [2.75, 3.05) is 5.32 Å². The molecule has 1 aromatic rings. The molecule has 1 aliphatic carbocycles. The van der Waals surface area contributed by atoms with E-state index in [1.54, 1.807) is 0 Å². The number of aryl methyl sites for hydroxylation is 1. The van der Waals surface area contributed by atoms with Crippen LogP contribution in [0.15, 0.2) is 0 Å². The van der Waals surface area contributed by atoms with Gasteiger partial charge in [-0.3, -0.25) is 4.79 Å². The van der Waals surface area contributed by atoms with Crippen molar-refractivity contribution in [2.24, 2.45) is 11.7 Å². The number of nitrogens with zero attached hydrogens (tertiary/aromatic N) is 1.